The van der Waals surface area contributed by atoms with E-state index in [9.17, 15) is 0 Å². The number of hydrogen-bond donors (Lipinski definition) is 2. The van der Waals surface area contributed by atoms with Crippen molar-refractivity contribution < 1.29 is 0 Å². The molecule has 0 aromatic carbocycles. The van der Waals surface area contributed by atoms with E-state index in [1.54, 1.807) is 6.20 Å². The molecule has 2 aromatic rings. The minimum atomic E-state index is 0.684. The SMILES string of the molecule is CNc1cn2ccnc2c(NCC2CCCN(C)C2)n1. The summed E-state index contributed by atoms with van der Waals surface area (Å²) < 4.78 is 1.99. The van der Waals surface area contributed by atoms with E-state index in [0.29, 0.717) is 5.92 Å². The second kappa shape index (κ2) is 5.66. The molecule has 3 rings (SSSR count). The quantitative estimate of drug-likeness (QED) is 0.885. The summed E-state index contributed by atoms with van der Waals surface area (Å²) in [7, 11) is 4.07. The molecule has 2 aromatic heterocycles. The highest BCUT2D eigenvalue weighted by Crippen LogP contribution is 2.19. The van der Waals surface area contributed by atoms with Crippen molar-refractivity contribution in [2.75, 3.05) is 44.4 Å². The zero-order valence-corrected chi connectivity index (χ0v) is 12.1. The van der Waals surface area contributed by atoms with Gasteiger partial charge in [-0.25, -0.2) is 9.97 Å². The Morgan fingerprint density at radius 2 is 2.35 bits per heavy atom. The van der Waals surface area contributed by atoms with Gasteiger partial charge in [-0.3, -0.25) is 0 Å². The Labute approximate surface area is 119 Å². The highest BCUT2D eigenvalue weighted by atomic mass is 15.1. The van der Waals surface area contributed by atoms with Crippen molar-refractivity contribution in [1.82, 2.24) is 19.3 Å². The van der Waals surface area contributed by atoms with Crippen molar-refractivity contribution in [3.05, 3.63) is 18.6 Å². The van der Waals surface area contributed by atoms with Crippen molar-refractivity contribution >= 4 is 17.3 Å². The molecule has 6 nitrogen and oxygen atoms in total. The number of imidazole rings is 1. The maximum atomic E-state index is 4.58. The fraction of sp³-hybridized carbons (Fsp3) is 0.571. The maximum Gasteiger partial charge on any atom is 0.180 e. The second-order valence-corrected chi connectivity index (χ2v) is 5.53. The average molecular weight is 274 g/mol. The molecule has 0 saturated carbocycles. The Bertz CT molecular complexity index is 578. The number of hydrogen-bond acceptors (Lipinski definition) is 5. The Morgan fingerprint density at radius 1 is 1.45 bits per heavy atom. The minimum Gasteiger partial charge on any atom is -0.372 e. The van der Waals surface area contributed by atoms with Crippen LogP contribution in [0.5, 0.6) is 0 Å². The Kier molecular flexibility index (Phi) is 3.73. The number of piperidine rings is 1. The van der Waals surface area contributed by atoms with Crippen molar-refractivity contribution in [1.29, 1.82) is 0 Å². The monoisotopic (exact) mass is 274 g/mol. The first-order valence-electron chi connectivity index (χ1n) is 7.20. The Morgan fingerprint density at radius 3 is 3.15 bits per heavy atom. The molecule has 0 aliphatic carbocycles. The lowest BCUT2D eigenvalue weighted by atomic mass is 9.98. The molecule has 6 heteroatoms. The third kappa shape index (κ3) is 2.70. The van der Waals surface area contributed by atoms with Gasteiger partial charge in [-0.05, 0) is 32.4 Å². The molecule has 0 bridgehead atoms. The molecule has 108 valence electrons. The summed E-state index contributed by atoms with van der Waals surface area (Å²) >= 11 is 0. The van der Waals surface area contributed by atoms with Gasteiger partial charge in [0.2, 0.25) is 0 Å². The molecule has 1 aliphatic rings. The van der Waals surface area contributed by atoms with E-state index in [0.717, 1.165) is 30.4 Å². The van der Waals surface area contributed by atoms with Gasteiger partial charge in [0.05, 0.1) is 6.20 Å². The van der Waals surface area contributed by atoms with Crippen LogP contribution in [-0.4, -0.2) is 53.0 Å². The van der Waals surface area contributed by atoms with Crippen LogP contribution in [0.1, 0.15) is 12.8 Å². The van der Waals surface area contributed by atoms with Crippen LogP contribution in [0.25, 0.3) is 5.65 Å². The zero-order valence-electron chi connectivity index (χ0n) is 12.1. The minimum absolute atomic E-state index is 0.684. The maximum absolute atomic E-state index is 4.58. The summed E-state index contributed by atoms with van der Waals surface area (Å²) in [6.07, 6.45) is 8.26. The predicted octanol–water partition coefficient (Wildman–Crippen LogP) is 1.52. The summed E-state index contributed by atoms with van der Waals surface area (Å²) in [5.74, 6) is 2.39. The fourth-order valence-electron chi connectivity index (χ4n) is 2.85. The van der Waals surface area contributed by atoms with Gasteiger partial charge in [-0.2, -0.15) is 0 Å². The van der Waals surface area contributed by atoms with Gasteiger partial charge in [0.15, 0.2) is 11.5 Å². The molecule has 2 N–H and O–H groups in total. The number of fused-ring (bicyclic) bond motifs is 1. The first-order chi connectivity index (χ1) is 9.76. The topological polar surface area (TPSA) is 57.5 Å². The summed E-state index contributed by atoms with van der Waals surface area (Å²) in [4.78, 5) is 11.3. The molecule has 1 saturated heterocycles. The molecule has 20 heavy (non-hydrogen) atoms. The van der Waals surface area contributed by atoms with Gasteiger partial charge in [0.25, 0.3) is 0 Å². The smallest absolute Gasteiger partial charge is 0.180 e. The van der Waals surface area contributed by atoms with Gasteiger partial charge in [-0.15, -0.1) is 0 Å². The van der Waals surface area contributed by atoms with E-state index in [2.05, 4.69) is 32.5 Å². The first kappa shape index (κ1) is 13.2. The average Bonchev–Trinajstić information content (AvgIpc) is 2.93. The molecular weight excluding hydrogens is 252 g/mol. The van der Waals surface area contributed by atoms with Crippen LogP contribution < -0.4 is 10.6 Å². The van der Waals surface area contributed by atoms with E-state index < -0.39 is 0 Å². The van der Waals surface area contributed by atoms with E-state index >= 15 is 0 Å². The number of aromatic nitrogens is 3. The van der Waals surface area contributed by atoms with Crippen LogP contribution >= 0.6 is 0 Å². The summed E-state index contributed by atoms with van der Waals surface area (Å²) in [5, 5.41) is 6.56. The fourth-order valence-corrected chi connectivity index (χ4v) is 2.85. The lowest BCUT2D eigenvalue weighted by molar-refractivity contribution is 0.217. The van der Waals surface area contributed by atoms with Gasteiger partial charge in [0, 0.05) is 32.5 Å². The number of rotatable bonds is 4. The van der Waals surface area contributed by atoms with Gasteiger partial charge in [-0.1, -0.05) is 0 Å². The molecule has 1 fully saturated rings. The van der Waals surface area contributed by atoms with Crippen LogP contribution in [0.15, 0.2) is 18.6 Å². The molecule has 1 aliphatic heterocycles. The van der Waals surface area contributed by atoms with E-state index in [1.165, 1.54) is 19.4 Å². The summed E-state index contributed by atoms with van der Waals surface area (Å²) in [6.45, 7) is 3.32. The highest BCUT2D eigenvalue weighted by molar-refractivity contribution is 5.65. The zero-order chi connectivity index (χ0) is 13.9. The largest absolute Gasteiger partial charge is 0.372 e. The number of nitrogens with zero attached hydrogens (tertiary/aromatic N) is 4. The summed E-state index contributed by atoms with van der Waals surface area (Å²) in [5.41, 5.74) is 0.883. The van der Waals surface area contributed by atoms with Crippen LogP contribution in [0.2, 0.25) is 0 Å². The van der Waals surface area contributed by atoms with E-state index in [-0.39, 0.29) is 0 Å². The molecule has 3 heterocycles. The van der Waals surface area contributed by atoms with Crippen LogP contribution in [-0.2, 0) is 0 Å². The molecule has 0 radical (unpaired) electrons. The lowest BCUT2D eigenvalue weighted by Gasteiger charge is -2.29. The standard InChI is InChI=1S/C14H22N6/c1-15-12-10-20-7-5-16-14(20)13(18-12)17-8-11-4-3-6-19(2)9-11/h5,7,10-11,15H,3-4,6,8-9H2,1-2H3,(H,17,18). The first-order valence-corrected chi connectivity index (χ1v) is 7.20. The van der Waals surface area contributed by atoms with Gasteiger partial charge >= 0.3 is 0 Å². The molecule has 0 amide bonds. The van der Waals surface area contributed by atoms with E-state index in [1.807, 2.05) is 23.8 Å². The molecule has 1 unspecified atom stereocenters. The van der Waals surface area contributed by atoms with Gasteiger partial charge < -0.3 is 19.9 Å². The van der Waals surface area contributed by atoms with Crippen molar-refractivity contribution in [3.63, 3.8) is 0 Å². The van der Waals surface area contributed by atoms with Crippen LogP contribution in [0, 0.1) is 5.92 Å². The normalized spacial score (nSPS) is 20.2. The second-order valence-electron chi connectivity index (χ2n) is 5.53. The Hall–Kier alpha value is -1.82. The number of nitrogens with one attached hydrogen (secondary N) is 2. The van der Waals surface area contributed by atoms with Crippen molar-refractivity contribution in [2.24, 2.45) is 5.92 Å². The molecule has 0 spiro atoms. The number of likely N-dealkylation sites (tertiary alicyclic amines) is 1. The lowest BCUT2D eigenvalue weighted by Crippen LogP contribution is -2.35. The van der Waals surface area contributed by atoms with Crippen molar-refractivity contribution in [2.45, 2.75) is 12.8 Å². The highest BCUT2D eigenvalue weighted by Gasteiger charge is 2.17. The third-order valence-corrected chi connectivity index (χ3v) is 3.91. The third-order valence-electron chi connectivity index (χ3n) is 3.91. The Balaban J connectivity index is 1.74. The number of anilines is 2. The van der Waals surface area contributed by atoms with Crippen molar-refractivity contribution in [3.8, 4) is 0 Å². The van der Waals surface area contributed by atoms with Crippen LogP contribution in [0.3, 0.4) is 0 Å². The van der Waals surface area contributed by atoms with E-state index in [4.69, 9.17) is 0 Å². The van der Waals surface area contributed by atoms with Crippen LogP contribution in [0.4, 0.5) is 11.6 Å². The molecular formula is C14H22N6. The molecule has 1 atom stereocenters. The predicted molar refractivity (Wildman–Crippen MR) is 81.2 cm³/mol. The summed E-state index contributed by atoms with van der Waals surface area (Å²) in [6, 6.07) is 0. The van der Waals surface area contributed by atoms with Gasteiger partial charge in [0.1, 0.15) is 5.82 Å².